The number of rotatable bonds is 7. The van der Waals surface area contributed by atoms with Gasteiger partial charge in [-0.2, -0.15) is 0 Å². The van der Waals surface area contributed by atoms with Crippen molar-refractivity contribution in [3.63, 3.8) is 0 Å². The Kier molecular flexibility index (Phi) is 10.3. The summed E-state index contributed by atoms with van der Waals surface area (Å²) < 4.78 is 0. The number of nitrogens with zero attached hydrogens (tertiary/aromatic N) is 2. The molecule has 0 aliphatic carbocycles. The first-order chi connectivity index (χ1) is 16.0. The molecule has 7 nitrogen and oxygen atoms in total. The van der Waals surface area contributed by atoms with Crippen molar-refractivity contribution >= 4 is 34.9 Å². The average molecular weight is 490 g/mol. The summed E-state index contributed by atoms with van der Waals surface area (Å²) in [5, 5.41) is 20.1. The number of aliphatic carboxylic acids is 2. The van der Waals surface area contributed by atoms with E-state index in [-0.39, 0.29) is 12.8 Å². The van der Waals surface area contributed by atoms with Crippen molar-refractivity contribution in [2.45, 2.75) is 59.3 Å². The number of halogens is 1. The van der Waals surface area contributed by atoms with Crippen LogP contribution in [0.4, 0.5) is 11.4 Å². The molecule has 1 aliphatic rings. The van der Waals surface area contributed by atoms with Crippen molar-refractivity contribution in [2.24, 2.45) is 5.41 Å². The summed E-state index contributed by atoms with van der Waals surface area (Å²) in [6.07, 6.45) is 5.60. The zero-order chi connectivity index (χ0) is 25.3. The van der Waals surface area contributed by atoms with E-state index in [4.69, 9.17) is 26.8 Å². The SMILES string of the molecule is CN(c1ccc(CCC(C)(C)C)nc1)c1c(Cl)ccc2c1CCNCC2.O=C(O)CCC(=O)O. The highest BCUT2D eigenvalue weighted by atomic mass is 35.5. The first-order valence-electron chi connectivity index (χ1n) is 11.6. The van der Waals surface area contributed by atoms with Crippen LogP contribution in [0.1, 0.15) is 56.9 Å². The summed E-state index contributed by atoms with van der Waals surface area (Å²) in [7, 11) is 2.09. The molecule has 8 heteroatoms. The number of benzene rings is 1. The molecule has 1 aliphatic heterocycles. The lowest BCUT2D eigenvalue weighted by Crippen LogP contribution is -2.17. The Hall–Kier alpha value is -2.64. The number of hydrogen-bond acceptors (Lipinski definition) is 5. The Balaban J connectivity index is 0.000000440. The molecule has 2 heterocycles. The number of pyridine rings is 1. The zero-order valence-electron chi connectivity index (χ0n) is 20.5. The van der Waals surface area contributed by atoms with Crippen LogP contribution in [0, 0.1) is 5.41 Å². The maximum atomic E-state index is 9.64. The molecule has 0 amide bonds. The van der Waals surface area contributed by atoms with Gasteiger partial charge in [-0.05, 0) is 73.5 Å². The Morgan fingerprint density at radius 2 is 1.71 bits per heavy atom. The Labute approximate surface area is 207 Å². The largest absolute Gasteiger partial charge is 0.481 e. The van der Waals surface area contributed by atoms with Gasteiger partial charge in [0.15, 0.2) is 0 Å². The zero-order valence-corrected chi connectivity index (χ0v) is 21.3. The Bertz CT molecular complexity index is 957. The quantitative estimate of drug-likeness (QED) is 0.496. The van der Waals surface area contributed by atoms with Gasteiger partial charge in [-0.1, -0.05) is 38.4 Å². The second-order valence-corrected chi connectivity index (χ2v) is 10.1. The van der Waals surface area contributed by atoms with Crippen LogP contribution < -0.4 is 10.2 Å². The number of anilines is 2. The number of aromatic nitrogens is 1. The third kappa shape index (κ3) is 8.95. The van der Waals surface area contributed by atoms with Gasteiger partial charge < -0.3 is 20.4 Å². The standard InChI is InChI=1S/C22H30ClN3.C4H6O4/c1-22(2,3)12-9-17-6-7-18(15-25-17)26(4)21-19-11-14-24-13-10-16(19)5-8-20(21)23;5-3(6)1-2-4(7)8/h5-8,15,24H,9-14H2,1-4H3;1-2H2,(H,5,6)(H,7,8). The van der Waals surface area contributed by atoms with Crippen molar-refractivity contribution in [3.8, 4) is 0 Å². The summed E-state index contributed by atoms with van der Waals surface area (Å²) in [5.74, 6) is -2.15. The van der Waals surface area contributed by atoms with E-state index in [0.29, 0.717) is 5.41 Å². The number of aryl methyl sites for hydroxylation is 1. The van der Waals surface area contributed by atoms with Crippen LogP contribution >= 0.6 is 11.6 Å². The minimum absolute atomic E-state index is 0.296. The minimum Gasteiger partial charge on any atom is -0.481 e. The van der Waals surface area contributed by atoms with Crippen molar-refractivity contribution in [1.29, 1.82) is 0 Å². The van der Waals surface area contributed by atoms with Gasteiger partial charge in [0, 0.05) is 12.7 Å². The summed E-state index contributed by atoms with van der Waals surface area (Å²) >= 11 is 6.61. The van der Waals surface area contributed by atoms with E-state index in [2.05, 4.69) is 56.2 Å². The lowest BCUT2D eigenvalue weighted by molar-refractivity contribution is -0.143. The van der Waals surface area contributed by atoms with Gasteiger partial charge in [-0.25, -0.2) is 0 Å². The second-order valence-electron chi connectivity index (χ2n) is 9.70. The van der Waals surface area contributed by atoms with Crippen LogP contribution in [0.2, 0.25) is 5.02 Å². The average Bonchev–Trinajstić information content (AvgIpc) is 3.02. The fourth-order valence-electron chi connectivity index (χ4n) is 3.70. The van der Waals surface area contributed by atoms with E-state index >= 15 is 0 Å². The Morgan fingerprint density at radius 1 is 1.06 bits per heavy atom. The van der Waals surface area contributed by atoms with Gasteiger partial charge in [-0.15, -0.1) is 0 Å². The van der Waals surface area contributed by atoms with Crippen molar-refractivity contribution in [3.05, 3.63) is 52.3 Å². The highest BCUT2D eigenvalue weighted by Crippen LogP contribution is 2.36. The number of nitrogens with one attached hydrogen (secondary N) is 1. The molecule has 34 heavy (non-hydrogen) atoms. The Morgan fingerprint density at radius 3 is 2.26 bits per heavy atom. The van der Waals surface area contributed by atoms with Crippen LogP contribution in [-0.2, 0) is 28.9 Å². The second kappa shape index (κ2) is 12.7. The lowest BCUT2D eigenvalue weighted by atomic mass is 9.90. The molecule has 0 saturated heterocycles. The molecule has 3 rings (SSSR count). The van der Waals surface area contributed by atoms with E-state index < -0.39 is 11.9 Å². The van der Waals surface area contributed by atoms with Crippen molar-refractivity contribution in [1.82, 2.24) is 10.3 Å². The van der Waals surface area contributed by atoms with Crippen molar-refractivity contribution < 1.29 is 19.8 Å². The molecular weight excluding hydrogens is 454 g/mol. The number of fused-ring (bicyclic) bond motifs is 1. The van der Waals surface area contributed by atoms with E-state index in [1.54, 1.807) is 0 Å². The summed E-state index contributed by atoms with van der Waals surface area (Å²) in [6, 6.07) is 8.52. The molecule has 0 saturated carbocycles. The third-order valence-corrected chi connectivity index (χ3v) is 5.97. The van der Waals surface area contributed by atoms with Gasteiger partial charge in [0.25, 0.3) is 0 Å². The van der Waals surface area contributed by atoms with Crippen LogP contribution in [0.3, 0.4) is 0 Å². The molecule has 0 atom stereocenters. The molecule has 0 unspecified atom stereocenters. The first kappa shape index (κ1) is 27.6. The molecule has 1 aromatic heterocycles. The van der Waals surface area contributed by atoms with Gasteiger partial charge in [-0.3, -0.25) is 14.6 Å². The fourth-order valence-corrected chi connectivity index (χ4v) is 4.00. The van der Waals surface area contributed by atoms with Gasteiger partial charge in [0.1, 0.15) is 0 Å². The molecule has 0 spiro atoms. The topological polar surface area (TPSA) is 103 Å². The summed E-state index contributed by atoms with van der Waals surface area (Å²) in [5.41, 5.74) is 6.45. The molecule has 0 radical (unpaired) electrons. The molecular formula is C26H36ClN3O4. The maximum absolute atomic E-state index is 9.64. The predicted molar refractivity (Wildman–Crippen MR) is 136 cm³/mol. The lowest BCUT2D eigenvalue weighted by Gasteiger charge is -2.25. The fraction of sp³-hybridized carbons (Fsp3) is 0.500. The highest BCUT2D eigenvalue weighted by Gasteiger charge is 2.19. The molecule has 0 fully saturated rings. The van der Waals surface area contributed by atoms with E-state index in [0.717, 1.165) is 60.9 Å². The number of hydrogen-bond donors (Lipinski definition) is 3. The van der Waals surface area contributed by atoms with Crippen LogP contribution in [0.15, 0.2) is 30.5 Å². The molecule has 1 aromatic carbocycles. The molecule has 186 valence electrons. The van der Waals surface area contributed by atoms with Crippen LogP contribution in [-0.4, -0.2) is 47.3 Å². The number of carboxylic acids is 2. The molecule has 3 N–H and O–H groups in total. The summed E-state index contributed by atoms with van der Waals surface area (Å²) in [4.78, 5) is 26.2. The van der Waals surface area contributed by atoms with Gasteiger partial charge in [0.05, 0.1) is 35.4 Å². The highest BCUT2D eigenvalue weighted by molar-refractivity contribution is 6.33. The van der Waals surface area contributed by atoms with Crippen molar-refractivity contribution in [2.75, 3.05) is 25.0 Å². The van der Waals surface area contributed by atoms with Crippen LogP contribution in [0.5, 0.6) is 0 Å². The monoisotopic (exact) mass is 489 g/mol. The number of carbonyl (C=O) groups is 2. The van der Waals surface area contributed by atoms with E-state index in [9.17, 15) is 9.59 Å². The normalized spacial score (nSPS) is 13.2. The maximum Gasteiger partial charge on any atom is 0.303 e. The molecule has 2 aromatic rings. The third-order valence-electron chi connectivity index (χ3n) is 5.67. The van der Waals surface area contributed by atoms with E-state index in [1.807, 2.05) is 12.3 Å². The van der Waals surface area contributed by atoms with Gasteiger partial charge in [0.2, 0.25) is 0 Å². The van der Waals surface area contributed by atoms with Gasteiger partial charge >= 0.3 is 11.9 Å². The van der Waals surface area contributed by atoms with E-state index in [1.165, 1.54) is 11.1 Å². The molecule has 0 bridgehead atoms. The number of carboxylic acid groups (broad SMARTS) is 2. The van der Waals surface area contributed by atoms with Crippen LogP contribution in [0.25, 0.3) is 0 Å². The predicted octanol–water partition coefficient (Wildman–Crippen LogP) is 5.11. The summed E-state index contributed by atoms with van der Waals surface area (Å²) in [6.45, 7) is 8.84. The first-order valence-corrected chi connectivity index (χ1v) is 12.0. The smallest absolute Gasteiger partial charge is 0.303 e. The minimum atomic E-state index is -1.08.